The van der Waals surface area contributed by atoms with Crippen LogP contribution in [0.25, 0.3) is 0 Å². The van der Waals surface area contributed by atoms with E-state index < -0.39 is 23.6 Å². The fourth-order valence-corrected chi connectivity index (χ4v) is 3.84. The van der Waals surface area contributed by atoms with Crippen LogP contribution in [-0.2, 0) is 19.1 Å². The Bertz CT molecular complexity index is 691. The number of carbonyl (C=O) groups excluding carboxylic acids is 2. The lowest BCUT2D eigenvalue weighted by Crippen LogP contribution is -2.44. The molecule has 0 fully saturated rings. The van der Waals surface area contributed by atoms with Gasteiger partial charge in [-0.2, -0.15) is 0 Å². The van der Waals surface area contributed by atoms with Crippen LogP contribution in [0.4, 0.5) is 0 Å². The number of carboxylic acids is 1. The molecule has 1 atom stereocenters. The molecule has 0 aromatic carbocycles. The SMILES string of the molecule is CN/N=N\C(=N)CCCCCCCCCCCCCCCC(=O)NC(CCC(=O)O)C(=O)OC(C)(C)C. The summed E-state index contributed by atoms with van der Waals surface area (Å²) in [4.78, 5) is 35.5. The second-order valence-electron chi connectivity index (χ2n) is 10.6. The Balaban J connectivity index is 3.74. The maximum Gasteiger partial charge on any atom is 0.329 e. The van der Waals surface area contributed by atoms with Gasteiger partial charge in [0.2, 0.25) is 5.91 Å². The van der Waals surface area contributed by atoms with Crippen LogP contribution in [0.3, 0.4) is 0 Å². The number of amides is 1. The first-order valence-corrected chi connectivity index (χ1v) is 13.9. The first-order chi connectivity index (χ1) is 17.5. The molecular weight excluding hydrogens is 474 g/mol. The van der Waals surface area contributed by atoms with Crippen molar-refractivity contribution in [3.05, 3.63) is 0 Å². The van der Waals surface area contributed by atoms with E-state index in [1.807, 2.05) is 0 Å². The summed E-state index contributed by atoms with van der Waals surface area (Å²) in [6, 6.07) is -0.932. The number of esters is 1. The molecule has 0 heterocycles. The van der Waals surface area contributed by atoms with Crippen molar-refractivity contribution in [3.8, 4) is 0 Å². The minimum Gasteiger partial charge on any atom is -0.481 e. The van der Waals surface area contributed by atoms with Crippen molar-refractivity contribution < 1.29 is 24.2 Å². The number of amidine groups is 1. The molecular formula is C27H51N5O5. The molecule has 0 aliphatic heterocycles. The first kappa shape index (κ1) is 34.5. The summed E-state index contributed by atoms with van der Waals surface area (Å²) in [6.07, 6.45) is 15.7. The molecule has 1 unspecified atom stereocenters. The first-order valence-electron chi connectivity index (χ1n) is 13.9. The van der Waals surface area contributed by atoms with Gasteiger partial charge in [-0.25, -0.2) is 4.79 Å². The van der Waals surface area contributed by atoms with Crippen LogP contribution in [0.15, 0.2) is 10.3 Å². The van der Waals surface area contributed by atoms with E-state index in [1.54, 1.807) is 27.8 Å². The van der Waals surface area contributed by atoms with Crippen LogP contribution >= 0.6 is 0 Å². The molecule has 0 rings (SSSR count). The maximum absolute atomic E-state index is 12.3. The lowest BCUT2D eigenvalue weighted by molar-refractivity contribution is -0.159. The highest BCUT2D eigenvalue weighted by Crippen LogP contribution is 2.14. The molecule has 0 aromatic rings. The molecule has 10 nitrogen and oxygen atoms in total. The number of ether oxygens (including phenoxy) is 1. The number of hydrogen-bond donors (Lipinski definition) is 4. The van der Waals surface area contributed by atoms with Gasteiger partial charge in [-0.3, -0.25) is 20.4 Å². The fourth-order valence-electron chi connectivity index (χ4n) is 3.84. The van der Waals surface area contributed by atoms with Gasteiger partial charge in [-0.05, 0) is 40.0 Å². The number of hydrogen-bond acceptors (Lipinski definition) is 6. The summed E-state index contributed by atoms with van der Waals surface area (Å²) in [5, 5.41) is 26.5. The lowest BCUT2D eigenvalue weighted by Gasteiger charge is -2.24. The molecule has 0 spiro atoms. The van der Waals surface area contributed by atoms with Crippen molar-refractivity contribution >= 4 is 23.7 Å². The third-order valence-electron chi connectivity index (χ3n) is 5.76. The molecule has 4 N–H and O–H groups in total. The molecule has 0 radical (unpaired) electrons. The number of rotatable bonds is 22. The Labute approximate surface area is 223 Å². The molecule has 10 heteroatoms. The summed E-state index contributed by atoms with van der Waals surface area (Å²) in [5.74, 6) is -1.51. The largest absolute Gasteiger partial charge is 0.481 e. The van der Waals surface area contributed by atoms with Gasteiger partial charge in [0.15, 0.2) is 0 Å². The fraction of sp³-hybridized carbons (Fsp3) is 0.852. The highest BCUT2D eigenvalue weighted by molar-refractivity contribution is 5.85. The predicted octanol–water partition coefficient (Wildman–Crippen LogP) is 6.09. The molecule has 0 saturated carbocycles. The molecule has 1 amide bonds. The van der Waals surface area contributed by atoms with Crippen LogP contribution in [0, 0.1) is 5.41 Å². The standard InChI is InChI=1S/C27H51N5O5/c1-27(2,3)37-26(36)22(20-21-25(34)35)30-24(33)19-17-15-13-11-9-7-5-6-8-10-12-14-16-18-23(28)31-32-29-4/h22H,5-21H2,1-4H3,(H,30,33)(H,34,35)(H2,28,29,31). The predicted molar refractivity (Wildman–Crippen MR) is 146 cm³/mol. The second-order valence-corrected chi connectivity index (χ2v) is 10.6. The van der Waals surface area contributed by atoms with Gasteiger partial charge in [-0.15, -0.1) is 5.11 Å². The maximum atomic E-state index is 12.3. The van der Waals surface area contributed by atoms with Gasteiger partial charge in [0.1, 0.15) is 17.5 Å². The monoisotopic (exact) mass is 525 g/mol. The van der Waals surface area contributed by atoms with Crippen molar-refractivity contribution in [2.45, 2.75) is 142 Å². The Morgan fingerprint density at radius 2 is 1.27 bits per heavy atom. The molecule has 0 bridgehead atoms. The van der Waals surface area contributed by atoms with E-state index in [0.29, 0.717) is 18.7 Å². The highest BCUT2D eigenvalue weighted by atomic mass is 16.6. The van der Waals surface area contributed by atoms with Crippen molar-refractivity contribution in [2.75, 3.05) is 7.05 Å². The summed E-state index contributed by atoms with van der Waals surface area (Å²) in [7, 11) is 1.67. The Kier molecular flexibility index (Phi) is 20.1. The third-order valence-corrected chi connectivity index (χ3v) is 5.76. The van der Waals surface area contributed by atoms with Crippen LogP contribution < -0.4 is 10.7 Å². The van der Waals surface area contributed by atoms with Crippen LogP contribution in [0.1, 0.15) is 130 Å². The number of nitrogens with one attached hydrogen (secondary N) is 3. The van der Waals surface area contributed by atoms with E-state index in [2.05, 4.69) is 21.1 Å². The zero-order chi connectivity index (χ0) is 27.9. The van der Waals surface area contributed by atoms with E-state index in [1.165, 1.54) is 44.9 Å². The minimum atomic E-state index is -1.01. The average Bonchev–Trinajstić information content (AvgIpc) is 2.81. The molecule has 0 aliphatic carbocycles. The van der Waals surface area contributed by atoms with Gasteiger partial charge >= 0.3 is 11.9 Å². The number of carbonyl (C=O) groups is 3. The minimum absolute atomic E-state index is 0.0201. The van der Waals surface area contributed by atoms with Gasteiger partial charge < -0.3 is 15.2 Å². The van der Waals surface area contributed by atoms with E-state index in [-0.39, 0.29) is 18.7 Å². The smallest absolute Gasteiger partial charge is 0.329 e. The normalized spacial score (nSPS) is 12.3. The van der Waals surface area contributed by atoms with E-state index in [9.17, 15) is 14.4 Å². The number of carboxylic acid groups (broad SMARTS) is 1. The zero-order valence-electron chi connectivity index (χ0n) is 23.6. The Hall–Kier alpha value is -2.52. The van der Waals surface area contributed by atoms with Gasteiger partial charge in [0, 0.05) is 26.3 Å². The summed E-state index contributed by atoms with van der Waals surface area (Å²) in [5.41, 5.74) is 1.85. The third kappa shape index (κ3) is 23.6. The summed E-state index contributed by atoms with van der Waals surface area (Å²) in [6.45, 7) is 5.21. The second kappa shape index (κ2) is 21.6. The zero-order valence-corrected chi connectivity index (χ0v) is 23.6. The quantitative estimate of drug-likeness (QED) is 0.0335. The van der Waals surface area contributed by atoms with Gasteiger partial charge in [0.05, 0.1) is 0 Å². The molecule has 0 aromatic heterocycles. The highest BCUT2D eigenvalue weighted by Gasteiger charge is 2.27. The summed E-state index contributed by atoms with van der Waals surface area (Å²) < 4.78 is 5.32. The van der Waals surface area contributed by atoms with Crippen molar-refractivity contribution in [3.63, 3.8) is 0 Å². The average molecular weight is 526 g/mol. The van der Waals surface area contributed by atoms with Crippen LogP contribution in [0.2, 0.25) is 0 Å². The van der Waals surface area contributed by atoms with Crippen molar-refractivity contribution in [1.29, 1.82) is 5.41 Å². The van der Waals surface area contributed by atoms with Crippen LogP contribution in [0.5, 0.6) is 0 Å². The van der Waals surface area contributed by atoms with E-state index in [4.69, 9.17) is 15.3 Å². The van der Waals surface area contributed by atoms with Gasteiger partial charge in [0.25, 0.3) is 0 Å². The number of aliphatic carboxylic acids is 1. The molecule has 37 heavy (non-hydrogen) atoms. The molecule has 0 aliphatic rings. The Morgan fingerprint density at radius 1 is 0.811 bits per heavy atom. The van der Waals surface area contributed by atoms with Crippen LogP contribution in [-0.4, -0.2) is 47.5 Å². The van der Waals surface area contributed by atoms with Gasteiger partial charge in [-0.1, -0.05) is 75.9 Å². The topological polar surface area (TPSA) is 153 Å². The lowest BCUT2D eigenvalue weighted by atomic mass is 10.0. The van der Waals surface area contributed by atoms with E-state index >= 15 is 0 Å². The molecule has 214 valence electrons. The molecule has 0 saturated heterocycles. The number of nitrogens with zero attached hydrogens (tertiary/aromatic N) is 2. The van der Waals surface area contributed by atoms with Crippen molar-refractivity contribution in [2.24, 2.45) is 10.3 Å². The van der Waals surface area contributed by atoms with E-state index in [0.717, 1.165) is 38.5 Å². The van der Waals surface area contributed by atoms with Crippen molar-refractivity contribution in [1.82, 2.24) is 10.7 Å². The number of unbranched alkanes of at least 4 members (excludes halogenated alkanes) is 12. The Morgan fingerprint density at radius 3 is 1.70 bits per heavy atom. The summed E-state index contributed by atoms with van der Waals surface area (Å²) >= 11 is 0.